The Labute approximate surface area is 224 Å². The van der Waals surface area contributed by atoms with E-state index in [2.05, 4.69) is 15.9 Å². The number of phenols is 1. The molecule has 7 nitrogen and oxygen atoms in total. The van der Waals surface area contributed by atoms with Crippen molar-refractivity contribution in [3.8, 4) is 23.0 Å². The fourth-order valence-electron chi connectivity index (χ4n) is 4.86. The van der Waals surface area contributed by atoms with Crippen molar-refractivity contribution in [1.82, 2.24) is 9.80 Å². The van der Waals surface area contributed by atoms with E-state index in [1.54, 1.807) is 36.4 Å². The number of ether oxygens (including phenoxy) is 3. The lowest BCUT2D eigenvalue weighted by atomic mass is 10.0. The van der Waals surface area contributed by atoms with Crippen LogP contribution in [0.3, 0.4) is 0 Å². The number of phenolic OH excluding ortho intramolecular Hbond substituents is 1. The number of fused-ring (bicyclic) bond motifs is 2. The van der Waals surface area contributed by atoms with Crippen LogP contribution in [-0.4, -0.2) is 53.7 Å². The number of rotatable bonds is 5. The molecule has 0 aromatic heterocycles. The molecule has 0 spiro atoms. The SMILES string of the molecule is O=C1/C(=C/c2c(Cl)cccc2Cl)Oc2c1ccc(O)c2CN1CCN(Cc2ccc3c(c2)OCO3)CC1. The maximum absolute atomic E-state index is 13.1. The molecule has 1 N–H and O–H groups in total. The number of hydrogen-bond donors (Lipinski definition) is 1. The van der Waals surface area contributed by atoms with E-state index in [9.17, 15) is 9.90 Å². The van der Waals surface area contributed by atoms with Crippen molar-refractivity contribution >= 4 is 35.1 Å². The molecule has 0 amide bonds. The molecule has 1 fully saturated rings. The summed E-state index contributed by atoms with van der Waals surface area (Å²) in [6.07, 6.45) is 1.56. The Balaban J connectivity index is 1.14. The zero-order valence-electron chi connectivity index (χ0n) is 19.9. The summed E-state index contributed by atoms with van der Waals surface area (Å²) in [5.41, 5.74) is 2.72. The van der Waals surface area contributed by atoms with Gasteiger partial charge in [-0.15, -0.1) is 0 Å². The van der Waals surface area contributed by atoms with E-state index in [0.717, 1.165) is 44.2 Å². The fourth-order valence-corrected chi connectivity index (χ4v) is 5.36. The van der Waals surface area contributed by atoms with Gasteiger partial charge in [0, 0.05) is 54.9 Å². The van der Waals surface area contributed by atoms with Crippen molar-refractivity contribution in [3.05, 3.63) is 86.6 Å². The second kappa shape index (κ2) is 9.91. The van der Waals surface area contributed by atoms with Gasteiger partial charge in [-0.1, -0.05) is 35.3 Å². The number of halogens is 2. The number of carbonyl (C=O) groups excluding carboxylic acids is 1. The molecule has 3 aromatic carbocycles. The minimum absolute atomic E-state index is 0.103. The van der Waals surface area contributed by atoms with Crippen LogP contribution in [0.5, 0.6) is 23.0 Å². The fraction of sp³-hybridized carbons (Fsp3) is 0.250. The average molecular weight is 539 g/mol. The number of Topliss-reactive ketones (excluding diaryl/α,β-unsaturated/α-hetero) is 1. The number of hydrogen-bond acceptors (Lipinski definition) is 7. The quantitative estimate of drug-likeness (QED) is 0.438. The molecule has 1 saturated heterocycles. The predicted molar refractivity (Wildman–Crippen MR) is 141 cm³/mol. The summed E-state index contributed by atoms with van der Waals surface area (Å²) in [7, 11) is 0. The predicted octanol–water partition coefficient (Wildman–Crippen LogP) is 5.36. The van der Waals surface area contributed by atoms with Crippen LogP contribution in [0.15, 0.2) is 54.3 Å². The smallest absolute Gasteiger partial charge is 0.231 e. The Morgan fingerprint density at radius 3 is 2.35 bits per heavy atom. The molecule has 190 valence electrons. The Bertz CT molecular complexity index is 1400. The van der Waals surface area contributed by atoms with E-state index in [1.165, 1.54) is 5.56 Å². The molecule has 0 unspecified atom stereocenters. The molecule has 3 aliphatic rings. The largest absolute Gasteiger partial charge is 0.507 e. The number of aromatic hydroxyl groups is 1. The zero-order valence-corrected chi connectivity index (χ0v) is 21.4. The van der Waals surface area contributed by atoms with Gasteiger partial charge in [0.2, 0.25) is 12.6 Å². The topological polar surface area (TPSA) is 71.5 Å². The van der Waals surface area contributed by atoms with Gasteiger partial charge in [0.05, 0.1) is 11.1 Å². The van der Waals surface area contributed by atoms with E-state index in [4.69, 9.17) is 37.4 Å². The molecule has 0 atom stereocenters. The minimum Gasteiger partial charge on any atom is -0.507 e. The highest BCUT2D eigenvalue weighted by atomic mass is 35.5. The number of benzene rings is 3. The lowest BCUT2D eigenvalue weighted by molar-refractivity contribution is 0.101. The van der Waals surface area contributed by atoms with Gasteiger partial charge in [-0.25, -0.2) is 0 Å². The molecule has 3 heterocycles. The number of nitrogens with zero attached hydrogens (tertiary/aromatic N) is 2. The summed E-state index contributed by atoms with van der Waals surface area (Å²) in [6.45, 7) is 4.96. The molecule has 37 heavy (non-hydrogen) atoms. The Hall–Kier alpha value is -3.23. The summed E-state index contributed by atoms with van der Waals surface area (Å²) < 4.78 is 16.9. The van der Waals surface area contributed by atoms with Crippen LogP contribution < -0.4 is 14.2 Å². The van der Waals surface area contributed by atoms with Gasteiger partial charge >= 0.3 is 0 Å². The number of piperazine rings is 1. The number of carbonyl (C=O) groups is 1. The number of allylic oxidation sites excluding steroid dienone is 1. The van der Waals surface area contributed by atoms with Gasteiger partial charge in [0.1, 0.15) is 11.5 Å². The molecule has 0 bridgehead atoms. The Morgan fingerprint density at radius 2 is 1.59 bits per heavy atom. The van der Waals surface area contributed by atoms with Gasteiger partial charge in [0.25, 0.3) is 0 Å². The minimum atomic E-state index is -0.263. The van der Waals surface area contributed by atoms with Crippen LogP contribution in [-0.2, 0) is 13.1 Å². The molecule has 3 aliphatic heterocycles. The summed E-state index contributed by atoms with van der Waals surface area (Å²) in [5, 5.41) is 11.5. The van der Waals surface area contributed by atoms with Crippen molar-refractivity contribution in [2.75, 3.05) is 33.0 Å². The molecular weight excluding hydrogens is 515 g/mol. The summed E-state index contributed by atoms with van der Waals surface area (Å²) in [6, 6.07) is 14.4. The van der Waals surface area contributed by atoms with Crippen molar-refractivity contribution in [2.45, 2.75) is 13.1 Å². The molecule has 3 aromatic rings. The van der Waals surface area contributed by atoms with Crippen LogP contribution in [0.25, 0.3) is 6.08 Å². The highest BCUT2D eigenvalue weighted by Gasteiger charge is 2.32. The van der Waals surface area contributed by atoms with Gasteiger partial charge < -0.3 is 19.3 Å². The Morgan fingerprint density at radius 1 is 0.892 bits per heavy atom. The lowest BCUT2D eigenvalue weighted by Gasteiger charge is -2.35. The highest BCUT2D eigenvalue weighted by Crippen LogP contribution is 2.41. The second-order valence-corrected chi connectivity index (χ2v) is 10.1. The Kier molecular flexibility index (Phi) is 6.46. The monoisotopic (exact) mass is 538 g/mol. The highest BCUT2D eigenvalue weighted by molar-refractivity contribution is 6.37. The van der Waals surface area contributed by atoms with Crippen molar-refractivity contribution < 1.29 is 24.1 Å². The van der Waals surface area contributed by atoms with Crippen LogP contribution in [0.4, 0.5) is 0 Å². The third kappa shape index (κ3) is 4.76. The second-order valence-electron chi connectivity index (χ2n) is 9.25. The molecule has 0 aliphatic carbocycles. The van der Waals surface area contributed by atoms with E-state index < -0.39 is 0 Å². The molecule has 0 saturated carbocycles. The van der Waals surface area contributed by atoms with Crippen molar-refractivity contribution in [2.24, 2.45) is 0 Å². The first-order chi connectivity index (χ1) is 18.0. The zero-order chi connectivity index (χ0) is 25.5. The average Bonchev–Trinajstić information content (AvgIpc) is 3.48. The maximum atomic E-state index is 13.1. The lowest BCUT2D eigenvalue weighted by Crippen LogP contribution is -2.45. The van der Waals surface area contributed by atoms with E-state index in [-0.39, 0.29) is 24.1 Å². The first kappa shape index (κ1) is 24.1. The van der Waals surface area contributed by atoms with Crippen molar-refractivity contribution in [3.63, 3.8) is 0 Å². The first-order valence-corrected chi connectivity index (χ1v) is 12.8. The van der Waals surface area contributed by atoms with Crippen LogP contribution >= 0.6 is 23.2 Å². The van der Waals surface area contributed by atoms with Gasteiger partial charge in [-0.2, -0.15) is 0 Å². The number of ketones is 1. The van der Waals surface area contributed by atoms with Gasteiger partial charge in [-0.3, -0.25) is 14.6 Å². The van der Waals surface area contributed by atoms with Crippen LogP contribution in [0, 0.1) is 0 Å². The third-order valence-electron chi connectivity index (χ3n) is 6.88. The molecule has 9 heteroatoms. The van der Waals surface area contributed by atoms with Crippen molar-refractivity contribution in [1.29, 1.82) is 0 Å². The van der Waals surface area contributed by atoms with E-state index in [0.29, 0.717) is 39.0 Å². The summed E-state index contributed by atoms with van der Waals surface area (Å²) in [5.74, 6) is 1.95. The van der Waals surface area contributed by atoms with Gasteiger partial charge in [0.15, 0.2) is 17.3 Å². The maximum Gasteiger partial charge on any atom is 0.231 e. The molecular formula is C28H24Cl2N2O5. The standard InChI is InChI=1S/C28H24Cl2N2O5/c29-21-2-1-3-22(30)19(21)13-26-27(34)18-5-6-23(33)20(28(18)37-26)15-32-10-8-31(9-11-32)14-17-4-7-24-25(12-17)36-16-35-24/h1-7,12-13,33H,8-11,14-16H2/b26-13-. The normalized spacial score (nSPS) is 18.3. The molecule has 0 radical (unpaired) electrons. The van der Waals surface area contributed by atoms with E-state index in [1.807, 2.05) is 12.1 Å². The van der Waals surface area contributed by atoms with Crippen LogP contribution in [0.1, 0.15) is 27.0 Å². The first-order valence-electron chi connectivity index (χ1n) is 12.0. The molecule has 6 rings (SSSR count). The van der Waals surface area contributed by atoms with Crippen LogP contribution in [0.2, 0.25) is 10.0 Å². The summed E-state index contributed by atoms with van der Waals surface area (Å²) in [4.78, 5) is 17.7. The van der Waals surface area contributed by atoms with Gasteiger partial charge in [-0.05, 0) is 48.0 Å². The summed E-state index contributed by atoms with van der Waals surface area (Å²) >= 11 is 12.6. The van der Waals surface area contributed by atoms with E-state index >= 15 is 0 Å². The third-order valence-corrected chi connectivity index (χ3v) is 7.54.